The molecule has 3 aliphatic carbocycles. The zero-order valence-electron chi connectivity index (χ0n) is 11.7. The molecule has 0 aromatic heterocycles. The van der Waals surface area contributed by atoms with E-state index in [1.807, 2.05) is 0 Å². The summed E-state index contributed by atoms with van der Waals surface area (Å²) in [4.78, 5) is 4.87. The highest BCUT2D eigenvalue weighted by Gasteiger charge is 2.53. The van der Waals surface area contributed by atoms with Gasteiger partial charge in [-0.15, -0.1) is 0 Å². The van der Waals surface area contributed by atoms with E-state index < -0.39 is 0 Å². The molecule has 0 aliphatic heterocycles. The van der Waals surface area contributed by atoms with E-state index in [0.29, 0.717) is 11.5 Å². The molecule has 3 nitrogen and oxygen atoms in total. The van der Waals surface area contributed by atoms with E-state index in [1.165, 1.54) is 51.4 Å². The quantitative estimate of drug-likeness (QED) is 0.580. The monoisotopic (exact) mass is 249 g/mol. The predicted octanol–water partition coefficient (Wildman–Crippen LogP) is 2.67. The molecule has 3 fully saturated rings. The topological polar surface area (TPSA) is 36.4 Å². The first-order valence-corrected chi connectivity index (χ1v) is 7.87. The molecule has 0 amide bonds. The van der Waals surface area contributed by atoms with Gasteiger partial charge in [-0.2, -0.15) is 0 Å². The van der Waals surface area contributed by atoms with E-state index in [4.69, 9.17) is 4.99 Å². The molecule has 3 aliphatic rings. The van der Waals surface area contributed by atoms with E-state index >= 15 is 0 Å². The van der Waals surface area contributed by atoms with Crippen molar-refractivity contribution in [3.63, 3.8) is 0 Å². The molecule has 2 N–H and O–H groups in total. The summed E-state index contributed by atoms with van der Waals surface area (Å²) in [7, 11) is 0. The minimum Gasteiger partial charge on any atom is -0.357 e. The fourth-order valence-electron chi connectivity index (χ4n) is 3.37. The van der Waals surface area contributed by atoms with Gasteiger partial charge in [0.05, 0.1) is 0 Å². The number of rotatable bonds is 5. The molecule has 102 valence electrons. The lowest BCUT2D eigenvalue weighted by molar-refractivity contribution is 0.451. The van der Waals surface area contributed by atoms with Crippen LogP contribution in [0.15, 0.2) is 4.99 Å². The fraction of sp³-hybridized carbons (Fsp3) is 0.933. The van der Waals surface area contributed by atoms with Gasteiger partial charge in [0, 0.05) is 19.1 Å². The second kappa shape index (κ2) is 5.10. The molecule has 0 bridgehead atoms. The molecule has 18 heavy (non-hydrogen) atoms. The van der Waals surface area contributed by atoms with Gasteiger partial charge < -0.3 is 10.6 Å². The molecule has 0 saturated heterocycles. The molecular formula is C15H27N3. The summed E-state index contributed by atoms with van der Waals surface area (Å²) in [5.74, 6) is 2.08. The molecule has 0 atom stereocenters. The van der Waals surface area contributed by atoms with Crippen molar-refractivity contribution < 1.29 is 0 Å². The normalized spacial score (nSPS) is 27.3. The van der Waals surface area contributed by atoms with Crippen LogP contribution in [0, 0.1) is 11.3 Å². The lowest BCUT2D eigenvalue weighted by Gasteiger charge is -2.18. The third-order valence-electron chi connectivity index (χ3n) is 4.93. The summed E-state index contributed by atoms with van der Waals surface area (Å²) in [6.07, 6.45) is 11.2. The van der Waals surface area contributed by atoms with Gasteiger partial charge in [-0.1, -0.05) is 12.8 Å². The van der Waals surface area contributed by atoms with Crippen LogP contribution in [0.3, 0.4) is 0 Å². The van der Waals surface area contributed by atoms with Crippen molar-refractivity contribution >= 4 is 5.96 Å². The highest BCUT2D eigenvalue weighted by molar-refractivity contribution is 5.80. The van der Waals surface area contributed by atoms with E-state index in [9.17, 15) is 0 Å². The Bertz CT molecular complexity index is 310. The first-order valence-electron chi connectivity index (χ1n) is 7.87. The molecule has 0 unspecified atom stereocenters. The van der Waals surface area contributed by atoms with Crippen LogP contribution in [0.1, 0.15) is 58.3 Å². The van der Waals surface area contributed by atoms with Crippen LogP contribution in [0.2, 0.25) is 0 Å². The maximum absolute atomic E-state index is 4.87. The Hall–Kier alpha value is -0.730. The lowest BCUT2D eigenvalue weighted by Crippen LogP contribution is -2.42. The smallest absolute Gasteiger partial charge is 0.191 e. The molecule has 0 aromatic carbocycles. The molecular weight excluding hydrogens is 222 g/mol. The SMILES string of the molecule is CCNC(=NCC1(C2CC2)CC1)NC1CCCC1. The summed E-state index contributed by atoms with van der Waals surface area (Å²) in [6.45, 7) is 4.17. The van der Waals surface area contributed by atoms with Crippen LogP contribution < -0.4 is 10.6 Å². The van der Waals surface area contributed by atoms with Crippen molar-refractivity contribution in [3.8, 4) is 0 Å². The average Bonchev–Trinajstić information content (AvgIpc) is 3.27. The van der Waals surface area contributed by atoms with Crippen molar-refractivity contribution in [2.24, 2.45) is 16.3 Å². The van der Waals surface area contributed by atoms with Crippen LogP contribution in [0.4, 0.5) is 0 Å². The summed E-state index contributed by atoms with van der Waals surface area (Å²) in [5, 5.41) is 7.02. The van der Waals surface area contributed by atoms with E-state index in [2.05, 4.69) is 17.6 Å². The zero-order valence-corrected chi connectivity index (χ0v) is 11.7. The molecule has 3 rings (SSSR count). The van der Waals surface area contributed by atoms with Crippen molar-refractivity contribution in [2.75, 3.05) is 13.1 Å². The second-order valence-electron chi connectivity index (χ2n) is 6.46. The zero-order chi connectivity index (χ0) is 12.4. The Morgan fingerprint density at radius 3 is 2.44 bits per heavy atom. The van der Waals surface area contributed by atoms with Crippen molar-refractivity contribution in [1.29, 1.82) is 0 Å². The molecule has 0 spiro atoms. The molecule has 3 heteroatoms. The number of guanidine groups is 1. The maximum Gasteiger partial charge on any atom is 0.191 e. The summed E-state index contributed by atoms with van der Waals surface area (Å²) in [5.41, 5.74) is 0.623. The number of nitrogens with zero attached hydrogens (tertiary/aromatic N) is 1. The standard InChI is InChI=1S/C15H27N3/c1-2-16-14(18-13-5-3-4-6-13)17-11-15(9-10-15)12-7-8-12/h12-13H,2-11H2,1H3,(H2,16,17,18). The predicted molar refractivity (Wildman–Crippen MR) is 75.8 cm³/mol. The first kappa shape index (κ1) is 12.3. The van der Waals surface area contributed by atoms with Crippen LogP contribution in [0.25, 0.3) is 0 Å². The third kappa shape index (κ3) is 2.81. The van der Waals surface area contributed by atoms with Gasteiger partial charge in [0.25, 0.3) is 0 Å². The Labute approximate surface area is 111 Å². The van der Waals surface area contributed by atoms with Crippen LogP contribution in [-0.4, -0.2) is 25.1 Å². The molecule has 3 saturated carbocycles. The fourth-order valence-corrected chi connectivity index (χ4v) is 3.37. The van der Waals surface area contributed by atoms with Gasteiger partial charge in [-0.25, -0.2) is 0 Å². The van der Waals surface area contributed by atoms with E-state index in [0.717, 1.165) is 25.0 Å². The Morgan fingerprint density at radius 1 is 1.17 bits per heavy atom. The van der Waals surface area contributed by atoms with Gasteiger partial charge in [0.1, 0.15) is 0 Å². The Kier molecular flexibility index (Phi) is 3.49. The number of hydrogen-bond donors (Lipinski definition) is 2. The molecule has 0 radical (unpaired) electrons. The summed E-state index contributed by atoms with van der Waals surface area (Å²) < 4.78 is 0. The van der Waals surface area contributed by atoms with Crippen LogP contribution in [-0.2, 0) is 0 Å². The lowest BCUT2D eigenvalue weighted by atomic mass is 10.0. The largest absolute Gasteiger partial charge is 0.357 e. The minimum absolute atomic E-state index is 0.623. The highest BCUT2D eigenvalue weighted by Crippen LogP contribution is 2.61. The second-order valence-corrected chi connectivity index (χ2v) is 6.46. The van der Waals surface area contributed by atoms with Crippen molar-refractivity contribution in [2.45, 2.75) is 64.3 Å². The first-order chi connectivity index (χ1) is 8.82. The van der Waals surface area contributed by atoms with Crippen LogP contribution >= 0.6 is 0 Å². The van der Waals surface area contributed by atoms with E-state index in [-0.39, 0.29) is 0 Å². The van der Waals surface area contributed by atoms with Crippen molar-refractivity contribution in [3.05, 3.63) is 0 Å². The number of hydrogen-bond acceptors (Lipinski definition) is 1. The van der Waals surface area contributed by atoms with Crippen molar-refractivity contribution in [1.82, 2.24) is 10.6 Å². The van der Waals surface area contributed by atoms with Gasteiger partial charge in [0.15, 0.2) is 5.96 Å². The minimum atomic E-state index is 0.623. The number of nitrogens with one attached hydrogen (secondary N) is 2. The maximum atomic E-state index is 4.87. The Morgan fingerprint density at radius 2 is 1.89 bits per heavy atom. The molecule has 0 aromatic rings. The Balaban J connectivity index is 1.54. The highest BCUT2D eigenvalue weighted by atomic mass is 15.2. The van der Waals surface area contributed by atoms with Crippen LogP contribution in [0.5, 0.6) is 0 Å². The van der Waals surface area contributed by atoms with Gasteiger partial charge in [0.2, 0.25) is 0 Å². The van der Waals surface area contributed by atoms with Gasteiger partial charge in [-0.3, -0.25) is 4.99 Å². The molecule has 0 heterocycles. The summed E-state index contributed by atoms with van der Waals surface area (Å²) in [6, 6.07) is 0.666. The van der Waals surface area contributed by atoms with Gasteiger partial charge in [-0.05, 0) is 56.8 Å². The van der Waals surface area contributed by atoms with Gasteiger partial charge >= 0.3 is 0 Å². The summed E-state index contributed by atoms with van der Waals surface area (Å²) >= 11 is 0. The average molecular weight is 249 g/mol. The number of aliphatic imine (C=N–C) groups is 1. The third-order valence-corrected chi connectivity index (χ3v) is 4.93. The van der Waals surface area contributed by atoms with E-state index in [1.54, 1.807) is 0 Å².